The highest BCUT2D eigenvalue weighted by Gasteiger charge is 2.15. The number of aryl methyl sites for hydroxylation is 2. The zero-order valence-corrected chi connectivity index (χ0v) is 17.0. The lowest BCUT2D eigenvalue weighted by atomic mass is 9.91. The van der Waals surface area contributed by atoms with E-state index in [0.717, 1.165) is 24.0 Å². The van der Waals surface area contributed by atoms with Gasteiger partial charge in [0.1, 0.15) is 5.69 Å². The van der Waals surface area contributed by atoms with Gasteiger partial charge in [-0.3, -0.25) is 9.78 Å². The van der Waals surface area contributed by atoms with Crippen LogP contribution in [0.25, 0.3) is 0 Å². The Morgan fingerprint density at radius 3 is 2.22 bits per heavy atom. The summed E-state index contributed by atoms with van der Waals surface area (Å²) in [4.78, 5) is 16.1. The molecule has 3 heteroatoms. The third kappa shape index (κ3) is 3.65. The van der Waals surface area contributed by atoms with Gasteiger partial charge >= 0.3 is 0 Å². The molecule has 0 aliphatic carbocycles. The number of aromatic nitrogens is 1. The topological polar surface area (TPSA) is 30.0 Å². The van der Waals surface area contributed by atoms with Crippen LogP contribution in [0.4, 0.5) is 0 Å². The minimum absolute atomic E-state index is 0.0442. The van der Waals surface area contributed by atoms with E-state index in [1.54, 1.807) is 13.1 Å². The van der Waals surface area contributed by atoms with Crippen molar-refractivity contribution >= 4 is 28.4 Å². The highest BCUT2D eigenvalue weighted by Crippen LogP contribution is 2.29. The fourth-order valence-electron chi connectivity index (χ4n) is 3.04. The highest BCUT2D eigenvalue weighted by atomic mass is 127. The summed E-state index contributed by atoms with van der Waals surface area (Å²) in [6.45, 7) is 12.4. The molecule has 2 rings (SSSR count). The van der Waals surface area contributed by atoms with Crippen molar-refractivity contribution in [1.29, 1.82) is 0 Å². The molecule has 2 aromatic rings. The van der Waals surface area contributed by atoms with E-state index in [1.165, 1.54) is 31.4 Å². The van der Waals surface area contributed by atoms with Crippen molar-refractivity contribution in [2.75, 3.05) is 0 Å². The van der Waals surface area contributed by atoms with Gasteiger partial charge in [-0.05, 0) is 109 Å². The van der Waals surface area contributed by atoms with E-state index in [9.17, 15) is 4.79 Å². The molecule has 2 nitrogen and oxygen atoms in total. The first kappa shape index (κ1) is 18.1. The molecule has 0 atom stereocenters. The molecule has 122 valence electrons. The van der Waals surface area contributed by atoms with Crippen molar-refractivity contribution in [2.24, 2.45) is 0 Å². The molecular formula is C20H24INO. The van der Waals surface area contributed by atoms with E-state index in [0.29, 0.717) is 5.69 Å². The van der Waals surface area contributed by atoms with Crippen molar-refractivity contribution in [3.8, 4) is 0 Å². The van der Waals surface area contributed by atoms with Gasteiger partial charge in [0.25, 0.3) is 0 Å². The number of hydrogen-bond acceptors (Lipinski definition) is 2. The van der Waals surface area contributed by atoms with Gasteiger partial charge in [0, 0.05) is 16.7 Å². The van der Waals surface area contributed by atoms with Crippen LogP contribution < -0.4 is 0 Å². The van der Waals surface area contributed by atoms with Gasteiger partial charge in [0.2, 0.25) is 0 Å². The largest absolute Gasteiger partial charge is 0.293 e. The first-order valence-electron chi connectivity index (χ1n) is 7.95. The molecule has 0 N–H and O–H groups in total. The first-order valence-corrected chi connectivity index (χ1v) is 9.03. The number of carbonyl (C=O) groups excluding carboxylic acids is 1. The second kappa shape index (κ2) is 7.12. The number of nitrogens with zero attached hydrogens (tertiary/aromatic N) is 1. The predicted octanol–water partition coefficient (Wildman–Crippen LogP) is 5.22. The molecule has 0 fully saturated rings. The van der Waals surface area contributed by atoms with E-state index in [1.807, 2.05) is 6.92 Å². The van der Waals surface area contributed by atoms with Crippen LogP contribution in [-0.4, -0.2) is 10.8 Å². The maximum atomic E-state index is 11.8. The normalized spacial score (nSPS) is 10.9. The van der Waals surface area contributed by atoms with Crippen LogP contribution in [0.1, 0.15) is 56.4 Å². The standard InChI is InChI=1S/C20H24INO/c1-11-9-17(20(16(6)23)22-10-11)7-8-18-14(4)12(2)13(3)15(5)19(18)21/h9-10H,7-8H2,1-6H3. The number of Topliss-reactive ketones (excluding diaryl/α,β-unsaturated/α-hetero) is 1. The zero-order chi connectivity index (χ0) is 17.3. The van der Waals surface area contributed by atoms with Crippen molar-refractivity contribution in [2.45, 2.75) is 54.4 Å². The van der Waals surface area contributed by atoms with E-state index in [4.69, 9.17) is 0 Å². The molecule has 0 bridgehead atoms. The Kier molecular flexibility index (Phi) is 5.61. The summed E-state index contributed by atoms with van der Waals surface area (Å²) in [7, 11) is 0. The van der Waals surface area contributed by atoms with Crippen molar-refractivity contribution in [1.82, 2.24) is 4.98 Å². The predicted molar refractivity (Wildman–Crippen MR) is 104 cm³/mol. The van der Waals surface area contributed by atoms with E-state index < -0.39 is 0 Å². The van der Waals surface area contributed by atoms with Gasteiger partial charge in [0.05, 0.1) is 0 Å². The molecule has 0 saturated heterocycles. The van der Waals surface area contributed by atoms with Gasteiger partial charge in [0.15, 0.2) is 5.78 Å². The molecule has 0 saturated carbocycles. The molecule has 1 aromatic heterocycles. The Balaban J connectivity index is 2.40. The summed E-state index contributed by atoms with van der Waals surface area (Å²) in [5, 5.41) is 0. The fraction of sp³-hybridized carbons (Fsp3) is 0.400. The van der Waals surface area contributed by atoms with Crippen molar-refractivity contribution in [3.63, 3.8) is 0 Å². The molecule has 0 spiro atoms. The monoisotopic (exact) mass is 421 g/mol. The Morgan fingerprint density at radius 2 is 1.61 bits per heavy atom. The average molecular weight is 421 g/mol. The van der Waals surface area contributed by atoms with Crippen molar-refractivity contribution < 1.29 is 4.79 Å². The molecule has 0 unspecified atom stereocenters. The van der Waals surface area contributed by atoms with E-state index in [-0.39, 0.29) is 5.78 Å². The maximum Gasteiger partial charge on any atom is 0.178 e. The second-order valence-electron chi connectivity index (χ2n) is 6.37. The summed E-state index contributed by atoms with van der Waals surface area (Å²) in [6.07, 6.45) is 3.56. The van der Waals surface area contributed by atoms with Gasteiger partial charge in [-0.25, -0.2) is 0 Å². The Morgan fingerprint density at radius 1 is 1.00 bits per heavy atom. The molecule has 0 radical (unpaired) electrons. The number of pyridine rings is 1. The summed E-state index contributed by atoms with van der Waals surface area (Å²) in [5.41, 5.74) is 9.70. The van der Waals surface area contributed by atoms with Gasteiger partial charge in [-0.2, -0.15) is 0 Å². The molecular weight excluding hydrogens is 397 g/mol. The van der Waals surface area contributed by atoms with Crippen LogP contribution in [0.3, 0.4) is 0 Å². The summed E-state index contributed by atoms with van der Waals surface area (Å²) in [5.74, 6) is 0.0442. The van der Waals surface area contributed by atoms with Crippen LogP contribution in [0.2, 0.25) is 0 Å². The van der Waals surface area contributed by atoms with E-state index >= 15 is 0 Å². The number of carbonyl (C=O) groups is 1. The highest BCUT2D eigenvalue weighted by molar-refractivity contribution is 14.1. The minimum Gasteiger partial charge on any atom is -0.293 e. The number of rotatable bonds is 4. The van der Waals surface area contributed by atoms with Gasteiger partial charge in [-0.1, -0.05) is 6.07 Å². The number of halogens is 1. The maximum absolute atomic E-state index is 11.8. The van der Waals surface area contributed by atoms with Crippen LogP contribution in [-0.2, 0) is 12.8 Å². The average Bonchev–Trinajstić information content (AvgIpc) is 2.50. The molecule has 23 heavy (non-hydrogen) atoms. The van der Waals surface area contributed by atoms with Gasteiger partial charge < -0.3 is 0 Å². The van der Waals surface area contributed by atoms with Gasteiger partial charge in [-0.15, -0.1) is 0 Å². The zero-order valence-electron chi connectivity index (χ0n) is 14.8. The number of hydrogen-bond donors (Lipinski definition) is 0. The number of ketones is 1. The molecule has 1 heterocycles. The molecule has 0 aliphatic heterocycles. The third-order valence-electron chi connectivity index (χ3n) is 4.82. The number of benzene rings is 1. The fourth-order valence-corrected chi connectivity index (χ4v) is 4.12. The van der Waals surface area contributed by atoms with Crippen LogP contribution in [0.15, 0.2) is 12.3 Å². The molecule has 1 aromatic carbocycles. The van der Waals surface area contributed by atoms with Crippen LogP contribution in [0, 0.1) is 38.2 Å². The smallest absolute Gasteiger partial charge is 0.178 e. The summed E-state index contributed by atoms with van der Waals surface area (Å²) in [6, 6.07) is 2.10. The lowest BCUT2D eigenvalue weighted by Gasteiger charge is -2.18. The van der Waals surface area contributed by atoms with Crippen molar-refractivity contribution in [3.05, 3.63) is 60.5 Å². The minimum atomic E-state index is 0.0442. The lowest BCUT2D eigenvalue weighted by Crippen LogP contribution is -2.08. The van der Waals surface area contributed by atoms with Crippen LogP contribution >= 0.6 is 22.6 Å². The molecule has 0 aliphatic rings. The SMILES string of the molecule is CC(=O)c1ncc(C)cc1CCc1c(C)c(C)c(C)c(C)c1I. The second-order valence-corrected chi connectivity index (χ2v) is 7.45. The Bertz CT molecular complexity index is 749. The van der Waals surface area contributed by atoms with Crippen LogP contribution in [0.5, 0.6) is 0 Å². The summed E-state index contributed by atoms with van der Waals surface area (Å²) >= 11 is 2.46. The third-order valence-corrected chi connectivity index (χ3v) is 6.28. The lowest BCUT2D eigenvalue weighted by molar-refractivity contribution is 0.101. The Labute approximate surface area is 152 Å². The quantitative estimate of drug-likeness (QED) is 0.501. The summed E-state index contributed by atoms with van der Waals surface area (Å²) < 4.78 is 1.35. The van der Waals surface area contributed by atoms with E-state index in [2.05, 4.69) is 61.3 Å². The first-order chi connectivity index (χ1) is 10.7. The molecule has 0 amide bonds. The Hall–Kier alpha value is -1.23.